The number of nitrogens with one attached hydrogen (secondary N) is 1. The molecule has 0 aliphatic carbocycles. The van der Waals surface area contributed by atoms with Crippen LogP contribution in [0.3, 0.4) is 0 Å². The molecule has 3 aromatic carbocycles. The first-order chi connectivity index (χ1) is 14.7. The van der Waals surface area contributed by atoms with Crippen LogP contribution in [-0.4, -0.2) is 27.0 Å². The summed E-state index contributed by atoms with van der Waals surface area (Å²) in [5.41, 5.74) is 2.75. The molecule has 8 heteroatoms. The van der Waals surface area contributed by atoms with Gasteiger partial charge in [0.2, 0.25) is 0 Å². The first-order valence-corrected chi connectivity index (χ1v) is 11.5. The topological polar surface area (TPSA) is 75.7 Å². The summed E-state index contributed by atoms with van der Waals surface area (Å²) >= 11 is 5.99. The van der Waals surface area contributed by atoms with Crippen molar-refractivity contribution in [2.75, 3.05) is 16.2 Å². The van der Waals surface area contributed by atoms with Crippen LogP contribution in [0.15, 0.2) is 71.6 Å². The Hall–Kier alpha value is -3.03. The lowest BCUT2D eigenvalue weighted by Crippen LogP contribution is -2.48. The summed E-state index contributed by atoms with van der Waals surface area (Å²) in [7, 11) is -3.90. The van der Waals surface area contributed by atoms with E-state index in [9.17, 15) is 13.2 Å². The Morgan fingerprint density at radius 3 is 2.45 bits per heavy atom. The van der Waals surface area contributed by atoms with Crippen LogP contribution < -0.4 is 14.4 Å². The van der Waals surface area contributed by atoms with Crippen LogP contribution in [0.1, 0.15) is 11.1 Å². The number of sulfonamides is 1. The summed E-state index contributed by atoms with van der Waals surface area (Å²) in [6.45, 7) is 3.61. The lowest BCUT2D eigenvalue weighted by molar-refractivity contribution is -0.122. The fourth-order valence-electron chi connectivity index (χ4n) is 3.35. The van der Waals surface area contributed by atoms with Gasteiger partial charge < -0.3 is 10.1 Å². The van der Waals surface area contributed by atoms with Gasteiger partial charge in [0, 0.05) is 10.7 Å². The third-order valence-corrected chi connectivity index (χ3v) is 7.01. The number of amides is 1. The maximum absolute atomic E-state index is 13.5. The molecule has 1 aliphatic rings. The number of aryl methyl sites for hydroxylation is 2. The number of nitrogens with zero attached hydrogens (tertiary/aromatic N) is 1. The second kappa shape index (κ2) is 8.24. The van der Waals surface area contributed by atoms with Gasteiger partial charge in [0.05, 0.1) is 17.1 Å². The van der Waals surface area contributed by atoms with Crippen molar-refractivity contribution in [2.24, 2.45) is 0 Å². The molecule has 1 aliphatic heterocycles. The molecule has 1 atom stereocenters. The molecule has 4 rings (SSSR count). The van der Waals surface area contributed by atoms with Crippen LogP contribution in [0.25, 0.3) is 0 Å². The predicted octanol–water partition coefficient (Wildman–Crippen LogP) is 4.55. The van der Waals surface area contributed by atoms with Gasteiger partial charge in [-0.25, -0.2) is 8.42 Å². The Morgan fingerprint density at radius 1 is 1.03 bits per heavy atom. The molecule has 0 bridgehead atoms. The normalized spacial score (nSPS) is 15.7. The summed E-state index contributed by atoms with van der Waals surface area (Å²) in [5.74, 6) is -0.128. The quantitative estimate of drug-likeness (QED) is 0.624. The summed E-state index contributed by atoms with van der Waals surface area (Å²) in [6, 6.07) is 18.6. The average molecular weight is 457 g/mol. The first-order valence-electron chi connectivity index (χ1n) is 9.67. The van der Waals surface area contributed by atoms with Crippen molar-refractivity contribution in [1.82, 2.24) is 0 Å². The molecule has 0 saturated heterocycles. The highest BCUT2D eigenvalue weighted by Crippen LogP contribution is 2.38. The largest absolute Gasteiger partial charge is 0.476 e. The third-order valence-electron chi connectivity index (χ3n) is 4.98. The summed E-state index contributed by atoms with van der Waals surface area (Å²) in [4.78, 5) is 13.1. The van der Waals surface area contributed by atoms with Crippen LogP contribution in [-0.2, 0) is 14.8 Å². The minimum Gasteiger partial charge on any atom is -0.476 e. The molecule has 1 amide bonds. The van der Waals surface area contributed by atoms with Crippen molar-refractivity contribution in [3.05, 3.63) is 82.9 Å². The van der Waals surface area contributed by atoms with Gasteiger partial charge in [-0.3, -0.25) is 9.10 Å². The van der Waals surface area contributed by atoms with Gasteiger partial charge in [0.25, 0.3) is 15.9 Å². The predicted molar refractivity (Wildman–Crippen MR) is 121 cm³/mol. The van der Waals surface area contributed by atoms with Gasteiger partial charge in [0.15, 0.2) is 6.10 Å². The average Bonchev–Trinajstić information content (AvgIpc) is 2.73. The van der Waals surface area contributed by atoms with E-state index in [4.69, 9.17) is 16.3 Å². The van der Waals surface area contributed by atoms with Crippen LogP contribution in [0.2, 0.25) is 5.02 Å². The van der Waals surface area contributed by atoms with Crippen LogP contribution in [0.5, 0.6) is 5.75 Å². The highest BCUT2D eigenvalue weighted by Gasteiger charge is 2.37. The fourth-order valence-corrected chi connectivity index (χ4v) is 5.01. The van der Waals surface area contributed by atoms with E-state index in [1.54, 1.807) is 60.7 Å². The Balaban J connectivity index is 1.70. The zero-order chi connectivity index (χ0) is 22.2. The van der Waals surface area contributed by atoms with E-state index in [2.05, 4.69) is 5.32 Å². The van der Waals surface area contributed by atoms with Crippen molar-refractivity contribution in [3.8, 4) is 5.75 Å². The second-order valence-corrected chi connectivity index (χ2v) is 9.73. The second-order valence-electron chi connectivity index (χ2n) is 7.43. The zero-order valence-corrected chi connectivity index (χ0v) is 18.6. The molecule has 160 valence electrons. The molecular formula is C23H21ClN2O4S. The van der Waals surface area contributed by atoms with Crippen LogP contribution >= 0.6 is 11.6 Å². The number of carbonyl (C=O) groups is 1. The number of rotatable bonds is 4. The van der Waals surface area contributed by atoms with E-state index in [0.717, 1.165) is 11.1 Å². The SMILES string of the molecule is Cc1ccc(S(=O)(=O)N2C[C@@H](C(=O)Nc3cccc(Cl)c3)Oc3ccc(C)cc32)cc1. The monoisotopic (exact) mass is 456 g/mol. The van der Waals surface area contributed by atoms with Crippen molar-refractivity contribution in [2.45, 2.75) is 24.8 Å². The van der Waals surface area contributed by atoms with Crippen LogP contribution in [0, 0.1) is 13.8 Å². The third kappa shape index (κ3) is 4.38. The van der Waals surface area contributed by atoms with Gasteiger partial charge in [0.1, 0.15) is 5.75 Å². The Kier molecular flexibility index (Phi) is 5.64. The molecule has 31 heavy (non-hydrogen) atoms. The molecule has 1 N–H and O–H groups in total. The molecular weight excluding hydrogens is 436 g/mol. The van der Waals surface area contributed by atoms with E-state index in [1.165, 1.54) is 4.31 Å². The zero-order valence-electron chi connectivity index (χ0n) is 17.0. The maximum Gasteiger partial charge on any atom is 0.267 e. The minimum absolute atomic E-state index is 0.154. The maximum atomic E-state index is 13.5. The molecule has 0 fully saturated rings. The lowest BCUT2D eigenvalue weighted by Gasteiger charge is -2.35. The number of carbonyl (C=O) groups excluding carboxylic acids is 1. The van der Waals surface area contributed by atoms with Gasteiger partial charge in [-0.15, -0.1) is 0 Å². The minimum atomic E-state index is -3.90. The van der Waals surface area contributed by atoms with E-state index in [1.807, 2.05) is 19.9 Å². The molecule has 6 nitrogen and oxygen atoms in total. The number of hydrogen-bond acceptors (Lipinski definition) is 4. The highest BCUT2D eigenvalue weighted by atomic mass is 35.5. The Morgan fingerprint density at radius 2 is 1.74 bits per heavy atom. The number of halogens is 1. The summed E-state index contributed by atoms with van der Waals surface area (Å²) in [5, 5.41) is 3.22. The van der Waals surface area contributed by atoms with Crippen molar-refractivity contribution in [1.29, 1.82) is 0 Å². The van der Waals surface area contributed by atoms with Gasteiger partial charge in [-0.2, -0.15) is 0 Å². The summed E-state index contributed by atoms with van der Waals surface area (Å²) < 4.78 is 34.1. The number of fused-ring (bicyclic) bond motifs is 1. The number of benzene rings is 3. The van der Waals surface area contributed by atoms with Crippen molar-refractivity contribution >= 4 is 38.9 Å². The van der Waals surface area contributed by atoms with E-state index >= 15 is 0 Å². The van der Waals surface area contributed by atoms with Crippen molar-refractivity contribution < 1.29 is 17.9 Å². The molecule has 0 unspecified atom stereocenters. The molecule has 0 radical (unpaired) electrons. The van der Waals surface area contributed by atoms with E-state index in [-0.39, 0.29) is 11.4 Å². The fraction of sp³-hybridized carbons (Fsp3) is 0.174. The van der Waals surface area contributed by atoms with Crippen molar-refractivity contribution in [3.63, 3.8) is 0 Å². The van der Waals surface area contributed by atoms with E-state index < -0.39 is 22.0 Å². The van der Waals surface area contributed by atoms with Crippen LogP contribution in [0.4, 0.5) is 11.4 Å². The van der Waals surface area contributed by atoms with Gasteiger partial charge in [-0.1, -0.05) is 41.4 Å². The smallest absolute Gasteiger partial charge is 0.267 e. The highest BCUT2D eigenvalue weighted by molar-refractivity contribution is 7.92. The number of hydrogen-bond donors (Lipinski definition) is 1. The molecule has 0 spiro atoms. The molecule has 0 aromatic heterocycles. The number of ether oxygens (including phenoxy) is 1. The molecule has 1 heterocycles. The molecule has 3 aromatic rings. The van der Waals surface area contributed by atoms with Gasteiger partial charge in [-0.05, 0) is 61.9 Å². The Bertz CT molecular complexity index is 1240. The summed E-state index contributed by atoms with van der Waals surface area (Å²) in [6.07, 6.45) is -1.03. The Labute approximate surface area is 186 Å². The lowest BCUT2D eigenvalue weighted by atomic mass is 10.1. The standard InChI is InChI=1S/C23H21ClN2O4S/c1-15-6-9-19(10-7-15)31(28,29)26-14-22(30-21-11-8-16(2)12-20(21)26)23(27)25-18-5-3-4-17(24)13-18/h3-13,22H,14H2,1-2H3,(H,25,27)/t22-/m0/s1. The van der Waals surface area contributed by atoms with E-state index in [0.29, 0.717) is 22.1 Å². The molecule has 0 saturated carbocycles. The number of anilines is 2. The van der Waals surface area contributed by atoms with Gasteiger partial charge >= 0.3 is 0 Å². The first kappa shape index (κ1) is 21.2.